The molecule has 1 aliphatic carbocycles. The lowest BCUT2D eigenvalue weighted by Gasteiger charge is -2.43. The van der Waals surface area contributed by atoms with Crippen molar-refractivity contribution in [3.63, 3.8) is 0 Å². The van der Waals surface area contributed by atoms with Crippen LogP contribution in [0.5, 0.6) is 0 Å². The van der Waals surface area contributed by atoms with E-state index in [-0.39, 0.29) is 29.8 Å². The third kappa shape index (κ3) is 6.77. The topological polar surface area (TPSA) is 99.0 Å². The van der Waals surface area contributed by atoms with Crippen LogP contribution in [0.3, 0.4) is 0 Å². The first-order chi connectivity index (χ1) is 20.6. The van der Waals surface area contributed by atoms with Crippen molar-refractivity contribution in [3.05, 3.63) is 60.0 Å². The van der Waals surface area contributed by atoms with E-state index in [4.69, 9.17) is 4.42 Å². The molecular weight excluding hydrogens is 542 g/mol. The lowest BCUT2D eigenvalue weighted by molar-refractivity contribution is -0.137. The number of oxazole rings is 1. The Labute approximate surface area is 254 Å². The number of rotatable bonds is 8. The molecule has 0 atom stereocenters. The van der Waals surface area contributed by atoms with Crippen molar-refractivity contribution in [1.82, 2.24) is 20.1 Å². The van der Waals surface area contributed by atoms with Gasteiger partial charge in [0.1, 0.15) is 11.1 Å². The van der Waals surface area contributed by atoms with Crippen LogP contribution in [0.15, 0.2) is 52.9 Å². The average Bonchev–Trinajstić information content (AvgIpc) is 3.46. The van der Waals surface area contributed by atoms with Gasteiger partial charge in [-0.3, -0.25) is 24.2 Å². The summed E-state index contributed by atoms with van der Waals surface area (Å²) in [6.07, 6.45) is 4.99. The van der Waals surface area contributed by atoms with Gasteiger partial charge in [0.25, 0.3) is 17.7 Å². The highest BCUT2D eigenvalue weighted by molar-refractivity contribution is 6.08. The molecule has 0 unspecified atom stereocenters. The fourth-order valence-electron chi connectivity index (χ4n) is 6.25. The molecule has 43 heavy (non-hydrogen) atoms. The minimum atomic E-state index is -1.16. The fourth-order valence-corrected chi connectivity index (χ4v) is 6.25. The number of benzene rings is 2. The summed E-state index contributed by atoms with van der Waals surface area (Å²) in [6, 6.07) is 14.8. The quantitative estimate of drug-likeness (QED) is 0.340. The molecule has 1 aromatic heterocycles. The fraction of sp³-hybridized carbons (Fsp3) is 0.529. The highest BCUT2D eigenvalue weighted by atomic mass is 16.4. The standard InChI is InChI=1S/C34H45N5O4/c1-5-6-20-39(31(41)30-35-27-12-8-9-13-28(27)43-30)32(42)34(18-10-7-11-19-34)36-29(40)25-14-16-26(17-15-25)37-21-23-38(24-22-37)33(2,3)4/h8-9,12-17H,5-7,10-11,18-24H2,1-4H3,(H,36,40). The summed E-state index contributed by atoms with van der Waals surface area (Å²) >= 11 is 0. The number of unbranched alkanes of at least 4 members (excludes halogenated alkanes) is 1. The SMILES string of the molecule is CCCCN(C(=O)c1nc2ccccc2o1)C(=O)C1(NC(=O)c2ccc(N3CCN(C(C)(C)C)CC3)cc2)CCCCC1. The van der Waals surface area contributed by atoms with E-state index in [1.807, 2.05) is 43.3 Å². The number of carbonyl (C=O) groups excluding carboxylic acids is 3. The maximum absolute atomic E-state index is 14.3. The van der Waals surface area contributed by atoms with Crippen molar-refractivity contribution >= 4 is 34.5 Å². The zero-order chi connectivity index (χ0) is 30.6. The number of carbonyl (C=O) groups is 3. The number of imide groups is 1. The molecule has 230 valence electrons. The van der Waals surface area contributed by atoms with Crippen LogP contribution >= 0.6 is 0 Å². The zero-order valence-electron chi connectivity index (χ0n) is 26.0. The van der Waals surface area contributed by atoms with Crippen LogP contribution in [-0.4, -0.2) is 76.3 Å². The summed E-state index contributed by atoms with van der Waals surface area (Å²) in [7, 11) is 0. The van der Waals surface area contributed by atoms with Crippen LogP contribution in [0.1, 0.15) is 93.7 Å². The first kappa shape index (κ1) is 30.7. The Hall–Kier alpha value is -3.72. The lowest BCUT2D eigenvalue weighted by Crippen LogP contribution is -2.61. The van der Waals surface area contributed by atoms with E-state index < -0.39 is 11.4 Å². The Kier molecular flexibility index (Phi) is 9.20. The van der Waals surface area contributed by atoms with Gasteiger partial charge in [0, 0.05) is 49.5 Å². The second-order valence-electron chi connectivity index (χ2n) is 12.9. The molecule has 3 amide bonds. The van der Waals surface area contributed by atoms with E-state index in [1.165, 1.54) is 4.90 Å². The minimum absolute atomic E-state index is 0.109. The highest BCUT2D eigenvalue weighted by Crippen LogP contribution is 2.32. The third-order valence-electron chi connectivity index (χ3n) is 8.89. The molecule has 1 saturated carbocycles. The van der Waals surface area contributed by atoms with Crippen LogP contribution in [0, 0.1) is 0 Å². The molecule has 9 nitrogen and oxygen atoms in total. The monoisotopic (exact) mass is 587 g/mol. The molecule has 1 saturated heterocycles. The minimum Gasteiger partial charge on any atom is -0.432 e. The van der Waals surface area contributed by atoms with E-state index in [0.29, 0.717) is 35.9 Å². The van der Waals surface area contributed by atoms with Gasteiger partial charge >= 0.3 is 5.91 Å². The molecule has 3 aromatic rings. The molecule has 1 aliphatic heterocycles. The summed E-state index contributed by atoms with van der Waals surface area (Å²) in [5.74, 6) is -1.36. The Morgan fingerprint density at radius 1 is 0.953 bits per heavy atom. The van der Waals surface area contributed by atoms with E-state index in [9.17, 15) is 14.4 Å². The number of fused-ring (bicyclic) bond motifs is 1. The first-order valence-corrected chi connectivity index (χ1v) is 15.8. The van der Waals surface area contributed by atoms with E-state index >= 15 is 0 Å². The number of hydrogen-bond donors (Lipinski definition) is 1. The summed E-state index contributed by atoms with van der Waals surface area (Å²) in [5, 5.41) is 3.11. The summed E-state index contributed by atoms with van der Waals surface area (Å²) in [6.45, 7) is 12.8. The second-order valence-corrected chi connectivity index (χ2v) is 12.9. The molecule has 0 bridgehead atoms. The van der Waals surface area contributed by atoms with Crippen LogP contribution in [-0.2, 0) is 4.79 Å². The van der Waals surface area contributed by atoms with Gasteiger partial charge in [0.05, 0.1) is 0 Å². The van der Waals surface area contributed by atoms with Crippen LogP contribution in [0.25, 0.3) is 11.1 Å². The van der Waals surface area contributed by atoms with Gasteiger partial charge in [-0.2, -0.15) is 0 Å². The van der Waals surface area contributed by atoms with Crippen LogP contribution in [0.2, 0.25) is 0 Å². The predicted molar refractivity (Wildman–Crippen MR) is 168 cm³/mol. The van der Waals surface area contributed by atoms with Crippen molar-refractivity contribution in [2.75, 3.05) is 37.6 Å². The van der Waals surface area contributed by atoms with Crippen molar-refractivity contribution in [1.29, 1.82) is 0 Å². The van der Waals surface area contributed by atoms with E-state index in [1.54, 1.807) is 12.1 Å². The number of nitrogens with zero attached hydrogens (tertiary/aromatic N) is 4. The molecule has 9 heteroatoms. The van der Waals surface area contributed by atoms with Crippen molar-refractivity contribution in [2.45, 2.75) is 83.7 Å². The van der Waals surface area contributed by atoms with Crippen LogP contribution in [0.4, 0.5) is 5.69 Å². The van der Waals surface area contributed by atoms with Gasteiger partial charge in [-0.15, -0.1) is 0 Å². The number of piperazine rings is 1. The van der Waals surface area contributed by atoms with Gasteiger partial charge < -0.3 is 14.6 Å². The number of anilines is 1. The smallest absolute Gasteiger partial charge is 0.316 e. The Bertz CT molecular complexity index is 1390. The van der Waals surface area contributed by atoms with Gasteiger partial charge in [-0.05, 0) is 76.4 Å². The molecule has 2 fully saturated rings. The summed E-state index contributed by atoms with van der Waals surface area (Å²) in [5.41, 5.74) is 1.64. The van der Waals surface area contributed by atoms with Crippen molar-refractivity contribution in [2.24, 2.45) is 0 Å². The number of nitrogens with one attached hydrogen (secondary N) is 1. The van der Waals surface area contributed by atoms with Gasteiger partial charge in [0.2, 0.25) is 0 Å². The molecule has 1 N–H and O–H groups in total. The van der Waals surface area contributed by atoms with Crippen molar-refractivity contribution in [3.8, 4) is 0 Å². The Morgan fingerprint density at radius 2 is 1.63 bits per heavy atom. The maximum atomic E-state index is 14.3. The summed E-state index contributed by atoms with van der Waals surface area (Å²) in [4.78, 5) is 52.1. The van der Waals surface area contributed by atoms with Gasteiger partial charge in [-0.25, -0.2) is 4.98 Å². The molecule has 0 spiro atoms. The molecule has 0 radical (unpaired) electrons. The third-order valence-corrected chi connectivity index (χ3v) is 8.89. The first-order valence-electron chi connectivity index (χ1n) is 15.8. The Balaban J connectivity index is 1.33. The molecule has 2 heterocycles. The lowest BCUT2D eigenvalue weighted by atomic mass is 9.80. The van der Waals surface area contributed by atoms with E-state index in [2.05, 4.69) is 40.9 Å². The number of hydrogen-bond acceptors (Lipinski definition) is 7. The number of amides is 3. The van der Waals surface area contributed by atoms with Gasteiger partial charge in [0.15, 0.2) is 5.58 Å². The van der Waals surface area contributed by atoms with E-state index in [0.717, 1.165) is 57.5 Å². The molecule has 2 aromatic carbocycles. The van der Waals surface area contributed by atoms with Crippen LogP contribution < -0.4 is 10.2 Å². The predicted octanol–water partition coefficient (Wildman–Crippen LogP) is 5.65. The zero-order valence-corrected chi connectivity index (χ0v) is 26.0. The average molecular weight is 588 g/mol. The number of aromatic nitrogens is 1. The van der Waals surface area contributed by atoms with Crippen molar-refractivity contribution < 1.29 is 18.8 Å². The largest absolute Gasteiger partial charge is 0.432 e. The van der Waals surface area contributed by atoms with Gasteiger partial charge in [-0.1, -0.05) is 44.7 Å². The Morgan fingerprint density at radius 3 is 2.26 bits per heavy atom. The normalized spacial score (nSPS) is 17.5. The second kappa shape index (κ2) is 12.9. The maximum Gasteiger partial charge on any atom is 0.316 e. The highest BCUT2D eigenvalue weighted by Gasteiger charge is 2.46. The number of para-hydroxylation sites is 2. The summed E-state index contributed by atoms with van der Waals surface area (Å²) < 4.78 is 5.75. The molecule has 5 rings (SSSR count). The molecular formula is C34H45N5O4. The molecule has 2 aliphatic rings.